The average Bonchev–Trinajstić information content (AvgIpc) is 3.50. The van der Waals surface area contributed by atoms with E-state index in [2.05, 4.69) is 19.5 Å². The number of aromatic nitrogens is 3. The van der Waals surface area contributed by atoms with Crippen molar-refractivity contribution in [2.75, 3.05) is 20.8 Å². The van der Waals surface area contributed by atoms with Gasteiger partial charge in [-0.25, -0.2) is 9.98 Å². The zero-order valence-corrected chi connectivity index (χ0v) is 19.9. The highest BCUT2D eigenvalue weighted by Gasteiger charge is 2.15. The van der Waals surface area contributed by atoms with E-state index >= 15 is 0 Å². The molecule has 0 aliphatic rings. The number of thiazole rings is 1. The second-order valence-corrected chi connectivity index (χ2v) is 8.12. The lowest BCUT2D eigenvalue weighted by atomic mass is 10.1. The Bertz CT molecular complexity index is 1240. The molecule has 4 aromatic rings. The van der Waals surface area contributed by atoms with Crippen molar-refractivity contribution >= 4 is 17.0 Å². The molecule has 0 N–H and O–H groups in total. The van der Waals surface area contributed by atoms with Crippen molar-refractivity contribution in [3.8, 4) is 28.5 Å². The summed E-state index contributed by atoms with van der Waals surface area (Å²) in [5.41, 5.74) is 2.82. The van der Waals surface area contributed by atoms with E-state index in [0.29, 0.717) is 6.61 Å². The molecule has 0 spiro atoms. The summed E-state index contributed by atoms with van der Waals surface area (Å²) in [6.07, 6.45) is 6.55. The van der Waals surface area contributed by atoms with Gasteiger partial charge in [-0.2, -0.15) is 0 Å². The lowest BCUT2D eigenvalue weighted by Crippen LogP contribution is -2.17. The number of hydrogen-bond acceptors (Lipinski definition) is 6. The maximum absolute atomic E-state index is 5.79. The number of methoxy groups -OCH3 is 2. The Morgan fingerprint density at radius 2 is 1.91 bits per heavy atom. The molecule has 0 unspecified atom stereocenters. The first-order chi connectivity index (χ1) is 16.2. The number of imidazole rings is 1. The predicted octanol–water partition coefficient (Wildman–Crippen LogP) is 5.15. The summed E-state index contributed by atoms with van der Waals surface area (Å²) in [5, 5.41) is 2.12. The van der Waals surface area contributed by atoms with Crippen molar-refractivity contribution in [1.82, 2.24) is 14.1 Å². The van der Waals surface area contributed by atoms with Gasteiger partial charge in [0.05, 0.1) is 32.8 Å². The Hall–Kier alpha value is -3.52. The summed E-state index contributed by atoms with van der Waals surface area (Å²) in [6.45, 7) is 4.22. The normalized spacial score (nSPS) is 11.5. The molecule has 0 fully saturated rings. The van der Waals surface area contributed by atoms with Crippen molar-refractivity contribution in [3.05, 3.63) is 71.4 Å². The Kier molecular flexibility index (Phi) is 7.47. The van der Waals surface area contributed by atoms with E-state index in [0.717, 1.165) is 58.5 Å². The number of rotatable bonds is 10. The molecular weight excluding hydrogens is 436 g/mol. The van der Waals surface area contributed by atoms with Gasteiger partial charge in [0.25, 0.3) is 0 Å². The van der Waals surface area contributed by atoms with Crippen molar-refractivity contribution in [2.45, 2.75) is 26.4 Å². The van der Waals surface area contributed by atoms with Gasteiger partial charge in [-0.15, -0.1) is 11.3 Å². The molecule has 0 aliphatic carbocycles. The van der Waals surface area contributed by atoms with Crippen LogP contribution in [0.1, 0.15) is 13.3 Å². The molecule has 172 valence electrons. The van der Waals surface area contributed by atoms with E-state index in [4.69, 9.17) is 19.2 Å². The Balaban J connectivity index is 1.79. The maximum atomic E-state index is 5.79. The summed E-state index contributed by atoms with van der Waals surface area (Å²) < 4.78 is 21.3. The predicted molar refractivity (Wildman–Crippen MR) is 131 cm³/mol. The molecule has 7 nitrogen and oxygen atoms in total. The first-order valence-electron chi connectivity index (χ1n) is 10.9. The van der Waals surface area contributed by atoms with Crippen molar-refractivity contribution in [1.29, 1.82) is 0 Å². The minimum Gasteiger partial charge on any atom is -0.497 e. The van der Waals surface area contributed by atoms with Crippen LogP contribution in [0.4, 0.5) is 5.69 Å². The number of benzene rings is 2. The van der Waals surface area contributed by atoms with Gasteiger partial charge in [0.15, 0.2) is 4.80 Å². The van der Waals surface area contributed by atoms with Crippen LogP contribution in [-0.4, -0.2) is 34.9 Å². The summed E-state index contributed by atoms with van der Waals surface area (Å²) in [7, 11) is 3.36. The summed E-state index contributed by atoms with van der Waals surface area (Å²) in [6, 6.07) is 13.7. The third-order valence-corrected chi connectivity index (χ3v) is 6.08. The third-order valence-electron chi connectivity index (χ3n) is 5.22. The maximum Gasteiger partial charge on any atom is 0.190 e. The fraction of sp³-hybridized carbons (Fsp3) is 0.280. The second kappa shape index (κ2) is 10.9. The van der Waals surface area contributed by atoms with Gasteiger partial charge in [0, 0.05) is 36.4 Å². The first kappa shape index (κ1) is 22.7. The van der Waals surface area contributed by atoms with Crippen LogP contribution in [0.25, 0.3) is 11.3 Å². The second-order valence-electron chi connectivity index (χ2n) is 7.29. The highest BCUT2D eigenvalue weighted by Crippen LogP contribution is 2.34. The Morgan fingerprint density at radius 1 is 1.03 bits per heavy atom. The van der Waals surface area contributed by atoms with Gasteiger partial charge >= 0.3 is 0 Å². The van der Waals surface area contributed by atoms with Gasteiger partial charge in [-0.3, -0.25) is 0 Å². The number of nitrogens with zero attached hydrogens (tertiary/aromatic N) is 4. The molecule has 0 saturated carbocycles. The number of hydrogen-bond donors (Lipinski definition) is 0. The summed E-state index contributed by atoms with van der Waals surface area (Å²) >= 11 is 1.60. The van der Waals surface area contributed by atoms with E-state index in [1.807, 2.05) is 61.9 Å². The molecule has 2 heterocycles. The van der Waals surface area contributed by atoms with Gasteiger partial charge in [0.2, 0.25) is 0 Å². The average molecular weight is 465 g/mol. The summed E-state index contributed by atoms with van der Waals surface area (Å²) in [4.78, 5) is 10.0. The molecule has 0 atom stereocenters. The molecule has 8 heteroatoms. The highest BCUT2D eigenvalue weighted by molar-refractivity contribution is 7.07. The van der Waals surface area contributed by atoms with Crippen LogP contribution >= 0.6 is 11.3 Å². The smallest absolute Gasteiger partial charge is 0.190 e. The van der Waals surface area contributed by atoms with Crippen molar-refractivity contribution in [3.63, 3.8) is 0 Å². The first-order valence-corrected chi connectivity index (χ1v) is 11.7. The van der Waals surface area contributed by atoms with Gasteiger partial charge in [-0.05, 0) is 43.7 Å². The highest BCUT2D eigenvalue weighted by atomic mass is 32.1. The number of ether oxygens (including phenoxy) is 3. The quantitative estimate of drug-likeness (QED) is 0.326. The van der Waals surface area contributed by atoms with Gasteiger partial charge in [0.1, 0.15) is 22.9 Å². The van der Waals surface area contributed by atoms with Crippen LogP contribution in [0.3, 0.4) is 0 Å². The number of aryl methyl sites for hydroxylation is 1. The largest absolute Gasteiger partial charge is 0.497 e. The van der Waals surface area contributed by atoms with Crippen LogP contribution in [0, 0.1) is 0 Å². The Labute approximate surface area is 197 Å². The monoisotopic (exact) mass is 464 g/mol. The van der Waals surface area contributed by atoms with E-state index < -0.39 is 0 Å². The minimum atomic E-state index is 0.591. The van der Waals surface area contributed by atoms with Crippen LogP contribution in [-0.2, 0) is 13.1 Å². The topological polar surface area (TPSA) is 62.8 Å². The SMILES string of the molecule is CCOc1ccccc1N=c1scc(-c2cc(OC)ccc2OC)n1CCCn1ccnc1. The van der Waals surface area contributed by atoms with Gasteiger partial charge in [-0.1, -0.05) is 12.1 Å². The molecule has 0 radical (unpaired) electrons. The molecule has 0 bridgehead atoms. The van der Waals surface area contributed by atoms with E-state index in [1.54, 1.807) is 31.8 Å². The molecule has 0 saturated heterocycles. The molecular formula is C25H28N4O3S. The third kappa shape index (κ3) is 5.28. The van der Waals surface area contributed by atoms with Gasteiger partial charge < -0.3 is 23.3 Å². The van der Waals surface area contributed by atoms with Crippen LogP contribution < -0.4 is 19.0 Å². The number of para-hydroxylation sites is 2. The zero-order valence-electron chi connectivity index (χ0n) is 19.1. The molecule has 33 heavy (non-hydrogen) atoms. The molecule has 2 aromatic carbocycles. The standard InChI is InChI=1S/C25H28N4O3S/c1-4-32-24-9-6-5-8-21(24)27-25-29(14-7-13-28-15-12-26-18-28)22(17-33-25)20-16-19(30-2)10-11-23(20)31-3/h5-6,8-12,15-18H,4,7,13-14H2,1-3H3. The zero-order chi connectivity index (χ0) is 23.0. The fourth-order valence-electron chi connectivity index (χ4n) is 3.63. The van der Waals surface area contributed by atoms with Crippen LogP contribution in [0.5, 0.6) is 17.2 Å². The molecule has 2 aromatic heterocycles. The van der Waals surface area contributed by atoms with Crippen molar-refractivity contribution < 1.29 is 14.2 Å². The van der Waals surface area contributed by atoms with Crippen LogP contribution in [0.2, 0.25) is 0 Å². The lowest BCUT2D eigenvalue weighted by molar-refractivity contribution is 0.341. The molecule has 4 rings (SSSR count). The summed E-state index contributed by atoms with van der Waals surface area (Å²) in [5.74, 6) is 2.35. The van der Waals surface area contributed by atoms with Crippen LogP contribution in [0.15, 0.2) is 71.6 Å². The van der Waals surface area contributed by atoms with Crippen molar-refractivity contribution in [2.24, 2.45) is 4.99 Å². The van der Waals surface area contributed by atoms with E-state index in [-0.39, 0.29) is 0 Å². The lowest BCUT2D eigenvalue weighted by Gasteiger charge is -2.14. The molecule has 0 aliphatic heterocycles. The Morgan fingerprint density at radius 3 is 2.67 bits per heavy atom. The fourth-order valence-corrected chi connectivity index (χ4v) is 4.56. The minimum absolute atomic E-state index is 0.591. The molecule has 0 amide bonds. The van der Waals surface area contributed by atoms with E-state index in [9.17, 15) is 0 Å². The van der Waals surface area contributed by atoms with E-state index in [1.165, 1.54) is 0 Å².